The topological polar surface area (TPSA) is 111 Å². The maximum Gasteiger partial charge on any atom is 0.219 e. The Morgan fingerprint density at radius 2 is 2.00 bits per heavy atom. The van der Waals surface area contributed by atoms with Gasteiger partial charge in [-0.15, -0.1) is 0 Å². The van der Waals surface area contributed by atoms with Crippen LogP contribution in [0, 0.1) is 0 Å². The lowest BCUT2D eigenvalue weighted by atomic mass is 10.0. The molecule has 1 amide bonds. The van der Waals surface area contributed by atoms with E-state index in [1.807, 2.05) is 42.1 Å². The number of amides is 1. The van der Waals surface area contributed by atoms with Crippen molar-refractivity contribution in [2.24, 2.45) is 5.73 Å². The minimum Gasteiger partial charge on any atom is -0.366 e. The van der Waals surface area contributed by atoms with Crippen LogP contribution in [-0.2, 0) is 22.7 Å². The highest BCUT2D eigenvalue weighted by atomic mass is 32.2. The van der Waals surface area contributed by atoms with Crippen LogP contribution in [0.25, 0.3) is 0 Å². The van der Waals surface area contributed by atoms with Gasteiger partial charge in [0.2, 0.25) is 5.91 Å². The number of hydrogen-bond acceptors (Lipinski definition) is 9. The van der Waals surface area contributed by atoms with Crippen LogP contribution in [0.1, 0.15) is 47.2 Å². The summed E-state index contributed by atoms with van der Waals surface area (Å²) >= 11 is 1.82. The number of nitrogens with one attached hydrogen (secondary N) is 2. The number of carbonyl (C=O) groups is 3. The molecular weight excluding hydrogens is 548 g/mol. The Bertz CT molecular complexity index is 1230. The minimum atomic E-state index is -0.410. The number of nitrogens with zero attached hydrogens (tertiary/aromatic N) is 3. The van der Waals surface area contributed by atoms with E-state index in [2.05, 4.69) is 56.3 Å². The molecule has 2 unspecified atom stereocenters. The van der Waals surface area contributed by atoms with Crippen LogP contribution in [0.3, 0.4) is 0 Å². The number of benzene rings is 2. The smallest absolute Gasteiger partial charge is 0.219 e. The molecule has 0 radical (unpaired) electrons. The number of anilines is 1. The van der Waals surface area contributed by atoms with E-state index in [9.17, 15) is 14.4 Å². The molecule has 10 heteroatoms. The SMILES string of the molecule is CNC(=O)CCC(C=O)N(C)Cc1cc(N2CC=CC(NCc3cccc(SN4CCC(N)CC4)c3)C2)ccc1C=O. The molecule has 1 saturated heterocycles. The van der Waals surface area contributed by atoms with Gasteiger partial charge in [-0.2, -0.15) is 0 Å². The molecule has 4 N–H and O–H groups in total. The third kappa shape index (κ3) is 9.24. The van der Waals surface area contributed by atoms with Crippen molar-refractivity contribution in [3.05, 3.63) is 71.3 Å². The lowest BCUT2D eigenvalue weighted by molar-refractivity contribution is -0.121. The van der Waals surface area contributed by atoms with Crippen molar-refractivity contribution >= 4 is 36.1 Å². The van der Waals surface area contributed by atoms with Gasteiger partial charge in [-0.05, 0) is 79.7 Å². The lowest BCUT2D eigenvalue weighted by Crippen LogP contribution is -2.42. The zero-order valence-corrected chi connectivity index (χ0v) is 25.5. The van der Waals surface area contributed by atoms with Gasteiger partial charge >= 0.3 is 0 Å². The maximum absolute atomic E-state index is 11.8. The number of aldehydes is 2. The quantitative estimate of drug-likeness (QED) is 0.173. The molecule has 9 nitrogen and oxygen atoms in total. The van der Waals surface area contributed by atoms with E-state index in [0.29, 0.717) is 24.6 Å². The highest BCUT2D eigenvalue weighted by Gasteiger charge is 2.21. The van der Waals surface area contributed by atoms with Gasteiger partial charge in [-0.3, -0.25) is 14.5 Å². The van der Waals surface area contributed by atoms with E-state index in [1.165, 1.54) is 10.5 Å². The average Bonchev–Trinajstić information content (AvgIpc) is 3.01. The second-order valence-electron chi connectivity index (χ2n) is 11.2. The van der Waals surface area contributed by atoms with Crippen LogP contribution < -0.4 is 21.3 Å². The number of piperidine rings is 1. The van der Waals surface area contributed by atoms with Gasteiger partial charge in [-0.1, -0.05) is 24.3 Å². The molecular formula is C32H44N6O3S. The number of hydrogen-bond donors (Lipinski definition) is 3. The summed E-state index contributed by atoms with van der Waals surface area (Å²) in [5, 5.41) is 6.28. The van der Waals surface area contributed by atoms with Crippen LogP contribution in [0.4, 0.5) is 5.69 Å². The molecule has 2 heterocycles. The number of likely N-dealkylation sites (N-methyl/N-ethyl adjacent to an activating group) is 1. The normalized spacial score (nSPS) is 18.7. The molecule has 1 fully saturated rings. The Morgan fingerprint density at radius 3 is 2.74 bits per heavy atom. The van der Waals surface area contributed by atoms with Gasteiger partial charge in [0.15, 0.2) is 0 Å². The number of carbonyl (C=O) groups excluding carboxylic acids is 3. The predicted molar refractivity (Wildman–Crippen MR) is 170 cm³/mol. The molecule has 2 aromatic carbocycles. The van der Waals surface area contributed by atoms with Crippen molar-refractivity contribution in [2.75, 3.05) is 45.2 Å². The van der Waals surface area contributed by atoms with Gasteiger partial charge in [-0.25, -0.2) is 4.31 Å². The summed E-state index contributed by atoms with van der Waals surface area (Å²) in [6.07, 6.45) is 8.93. The average molecular weight is 593 g/mol. The predicted octanol–water partition coefficient (Wildman–Crippen LogP) is 2.99. The largest absolute Gasteiger partial charge is 0.366 e. The van der Waals surface area contributed by atoms with Gasteiger partial charge < -0.3 is 26.1 Å². The van der Waals surface area contributed by atoms with Crippen LogP contribution >= 0.6 is 11.9 Å². The monoisotopic (exact) mass is 592 g/mol. The first-order valence-electron chi connectivity index (χ1n) is 14.7. The fourth-order valence-electron chi connectivity index (χ4n) is 5.37. The highest BCUT2D eigenvalue weighted by molar-refractivity contribution is 7.97. The fraction of sp³-hybridized carbons (Fsp3) is 0.469. The zero-order chi connectivity index (χ0) is 29.9. The van der Waals surface area contributed by atoms with Gasteiger partial charge in [0.05, 0.1) is 6.04 Å². The third-order valence-corrected chi connectivity index (χ3v) is 9.11. The molecule has 0 saturated carbocycles. The van der Waals surface area contributed by atoms with Crippen LogP contribution in [-0.4, -0.2) is 86.1 Å². The molecule has 4 rings (SSSR count). The van der Waals surface area contributed by atoms with Crippen LogP contribution in [0.2, 0.25) is 0 Å². The molecule has 42 heavy (non-hydrogen) atoms. The van der Waals surface area contributed by atoms with E-state index in [4.69, 9.17) is 5.73 Å². The summed E-state index contributed by atoms with van der Waals surface area (Å²) in [5.74, 6) is -0.0956. The first-order valence-corrected chi connectivity index (χ1v) is 15.5. The molecule has 0 aliphatic carbocycles. The standard InChI is InChI=1S/C32H44N6O3S/c1-34-32(41)11-10-30(23-40)36(2)20-26-18-29(9-8-25(26)22-39)37-14-4-6-28(21-37)35-19-24-5-3-7-31(17-24)42-38-15-12-27(33)13-16-38/h3-9,17-18,22-23,27-28,30,35H,10-16,19-21,33H2,1-2H3,(H,34,41). The van der Waals surface area contributed by atoms with E-state index >= 15 is 0 Å². The molecule has 0 spiro atoms. The highest BCUT2D eigenvalue weighted by Crippen LogP contribution is 2.27. The second-order valence-corrected chi connectivity index (χ2v) is 12.3. The van der Waals surface area contributed by atoms with Crippen molar-refractivity contribution in [1.29, 1.82) is 0 Å². The Labute approximate surface area is 254 Å². The van der Waals surface area contributed by atoms with Crippen molar-refractivity contribution in [1.82, 2.24) is 19.8 Å². The van der Waals surface area contributed by atoms with Crippen molar-refractivity contribution in [3.63, 3.8) is 0 Å². The first-order chi connectivity index (χ1) is 20.4. The van der Waals surface area contributed by atoms with E-state index in [-0.39, 0.29) is 18.4 Å². The summed E-state index contributed by atoms with van der Waals surface area (Å²) in [4.78, 5) is 40.7. The van der Waals surface area contributed by atoms with Gasteiger partial charge in [0.1, 0.15) is 12.6 Å². The Morgan fingerprint density at radius 1 is 1.19 bits per heavy atom. The van der Waals surface area contributed by atoms with E-state index in [0.717, 1.165) is 69.4 Å². The van der Waals surface area contributed by atoms with Crippen molar-refractivity contribution in [3.8, 4) is 0 Å². The third-order valence-electron chi connectivity index (χ3n) is 8.02. The van der Waals surface area contributed by atoms with Crippen molar-refractivity contribution < 1.29 is 14.4 Å². The number of rotatable bonds is 14. The van der Waals surface area contributed by atoms with Gasteiger partial charge in [0.25, 0.3) is 0 Å². The second kappa shape index (κ2) is 16.0. The van der Waals surface area contributed by atoms with E-state index < -0.39 is 6.04 Å². The van der Waals surface area contributed by atoms with Crippen LogP contribution in [0.15, 0.2) is 59.5 Å². The Hall–Kier alpha value is -3.02. The van der Waals surface area contributed by atoms with Crippen molar-refractivity contribution in [2.45, 2.75) is 61.8 Å². The summed E-state index contributed by atoms with van der Waals surface area (Å²) in [6, 6.07) is 14.7. The maximum atomic E-state index is 11.8. The summed E-state index contributed by atoms with van der Waals surface area (Å²) < 4.78 is 2.41. The molecule has 0 bridgehead atoms. The lowest BCUT2D eigenvalue weighted by Gasteiger charge is -2.32. The molecule has 226 valence electrons. The number of nitrogens with two attached hydrogens (primary N) is 1. The summed E-state index contributed by atoms with van der Waals surface area (Å²) in [6.45, 7) is 4.84. The Kier molecular flexibility index (Phi) is 12.2. The van der Waals surface area contributed by atoms with Gasteiger partial charge in [0, 0.05) is 81.0 Å². The molecule has 2 atom stereocenters. The fourth-order valence-corrected chi connectivity index (χ4v) is 6.40. The summed E-state index contributed by atoms with van der Waals surface area (Å²) in [7, 11) is 3.44. The molecule has 2 aliphatic heterocycles. The zero-order valence-electron chi connectivity index (χ0n) is 24.7. The Balaban J connectivity index is 1.34. The first kappa shape index (κ1) is 31.9. The molecule has 2 aliphatic rings. The molecule has 0 aromatic heterocycles. The van der Waals surface area contributed by atoms with E-state index in [1.54, 1.807) is 7.05 Å². The minimum absolute atomic E-state index is 0.0956. The van der Waals surface area contributed by atoms with Crippen LogP contribution in [0.5, 0.6) is 0 Å². The summed E-state index contributed by atoms with van der Waals surface area (Å²) in [5.41, 5.74) is 9.81. The molecule has 2 aromatic rings.